The monoisotopic (exact) mass is 354 g/mol. The number of anilines is 1. The van der Waals surface area contributed by atoms with Crippen molar-refractivity contribution >= 4 is 17.5 Å². The normalized spacial score (nSPS) is 31.9. The molecule has 4 nitrogen and oxygen atoms in total. The highest BCUT2D eigenvalue weighted by atomic mass is 16.2. The van der Waals surface area contributed by atoms with E-state index in [9.17, 15) is 9.59 Å². The first-order chi connectivity index (χ1) is 12.4. The first-order valence-electron chi connectivity index (χ1n) is 10.1. The van der Waals surface area contributed by atoms with Crippen molar-refractivity contribution in [1.82, 2.24) is 5.32 Å². The van der Waals surface area contributed by atoms with Crippen LogP contribution in [0.2, 0.25) is 0 Å². The molecule has 5 rings (SSSR count). The van der Waals surface area contributed by atoms with Crippen LogP contribution in [0.1, 0.15) is 62.7 Å². The highest BCUT2D eigenvalue weighted by Crippen LogP contribution is 2.60. The molecule has 140 valence electrons. The van der Waals surface area contributed by atoms with Crippen LogP contribution in [-0.2, 0) is 4.79 Å². The predicted octanol–water partition coefficient (Wildman–Crippen LogP) is 4.23. The van der Waals surface area contributed by atoms with Gasteiger partial charge in [0, 0.05) is 17.8 Å². The van der Waals surface area contributed by atoms with Gasteiger partial charge in [-0.1, -0.05) is 13.8 Å². The molecule has 4 aliphatic rings. The van der Waals surface area contributed by atoms with Crippen LogP contribution in [0.3, 0.4) is 0 Å². The Kier molecular flexibility index (Phi) is 4.54. The Morgan fingerprint density at radius 3 is 2.04 bits per heavy atom. The molecule has 0 spiro atoms. The van der Waals surface area contributed by atoms with Gasteiger partial charge in [0.15, 0.2) is 0 Å². The number of carbonyl (C=O) groups is 2. The fraction of sp³-hybridized carbons (Fsp3) is 0.636. The molecule has 0 radical (unpaired) electrons. The molecule has 26 heavy (non-hydrogen) atoms. The minimum absolute atomic E-state index is 0.0577. The number of carbonyl (C=O) groups excluding carboxylic acids is 2. The van der Waals surface area contributed by atoms with Gasteiger partial charge in [0.1, 0.15) is 0 Å². The topological polar surface area (TPSA) is 58.2 Å². The predicted molar refractivity (Wildman–Crippen MR) is 103 cm³/mol. The zero-order chi connectivity index (χ0) is 18.3. The summed E-state index contributed by atoms with van der Waals surface area (Å²) in [6.07, 6.45) is 7.23. The van der Waals surface area contributed by atoms with Gasteiger partial charge in [-0.25, -0.2) is 0 Å². The molecule has 2 amide bonds. The van der Waals surface area contributed by atoms with Crippen molar-refractivity contribution in [2.45, 2.75) is 52.4 Å². The number of benzene rings is 1. The maximum absolute atomic E-state index is 13.1. The molecule has 0 saturated heterocycles. The van der Waals surface area contributed by atoms with E-state index < -0.39 is 0 Å². The Morgan fingerprint density at radius 1 is 1.00 bits per heavy atom. The largest absolute Gasteiger partial charge is 0.352 e. The van der Waals surface area contributed by atoms with E-state index >= 15 is 0 Å². The van der Waals surface area contributed by atoms with Gasteiger partial charge < -0.3 is 10.6 Å². The van der Waals surface area contributed by atoms with Crippen LogP contribution in [0.15, 0.2) is 24.3 Å². The highest BCUT2D eigenvalue weighted by Gasteiger charge is 2.54. The van der Waals surface area contributed by atoms with Gasteiger partial charge in [0.2, 0.25) is 5.91 Å². The van der Waals surface area contributed by atoms with Crippen molar-refractivity contribution in [3.8, 4) is 0 Å². The Balaban J connectivity index is 1.40. The molecular weight excluding hydrogens is 324 g/mol. The Labute approximate surface area is 156 Å². The van der Waals surface area contributed by atoms with E-state index in [0.717, 1.165) is 42.7 Å². The summed E-state index contributed by atoms with van der Waals surface area (Å²) in [7, 11) is 0. The molecule has 1 aromatic carbocycles. The maximum atomic E-state index is 13.1. The van der Waals surface area contributed by atoms with E-state index in [1.54, 1.807) is 12.1 Å². The number of rotatable bonds is 5. The minimum atomic E-state index is -0.137. The third-order valence-electron chi connectivity index (χ3n) is 6.60. The lowest BCUT2D eigenvalue weighted by molar-refractivity contribution is -0.140. The third-order valence-corrected chi connectivity index (χ3v) is 6.60. The lowest BCUT2D eigenvalue weighted by Crippen LogP contribution is -2.51. The smallest absolute Gasteiger partial charge is 0.251 e. The standard InChI is InChI=1S/C22H30N2O2/c1-14(2)13-23-20(25)18-3-5-19(6-4-18)24-21(26)22-10-15-7-16(11-22)9-17(8-15)12-22/h3-6,14-17H,7-13H2,1-2H3,(H,23,25)(H,24,26). The minimum Gasteiger partial charge on any atom is -0.352 e. The molecule has 0 aromatic heterocycles. The maximum Gasteiger partial charge on any atom is 0.251 e. The fourth-order valence-electron chi connectivity index (χ4n) is 5.76. The zero-order valence-electron chi connectivity index (χ0n) is 15.9. The van der Waals surface area contributed by atoms with Gasteiger partial charge in [-0.05, 0) is 86.5 Å². The summed E-state index contributed by atoms with van der Waals surface area (Å²) in [6.45, 7) is 4.82. The van der Waals surface area contributed by atoms with Gasteiger partial charge in [-0.15, -0.1) is 0 Å². The molecule has 4 heteroatoms. The zero-order valence-corrected chi connectivity index (χ0v) is 15.9. The molecule has 4 bridgehead atoms. The van der Waals surface area contributed by atoms with Gasteiger partial charge in [0.05, 0.1) is 5.41 Å². The molecule has 4 fully saturated rings. The molecule has 0 heterocycles. The Morgan fingerprint density at radius 2 is 1.54 bits per heavy atom. The van der Waals surface area contributed by atoms with Crippen LogP contribution in [0.4, 0.5) is 5.69 Å². The van der Waals surface area contributed by atoms with Crippen LogP contribution in [0.25, 0.3) is 0 Å². The van der Waals surface area contributed by atoms with Crippen molar-refractivity contribution in [3.63, 3.8) is 0 Å². The summed E-state index contributed by atoms with van der Waals surface area (Å²) < 4.78 is 0. The molecule has 2 N–H and O–H groups in total. The van der Waals surface area contributed by atoms with E-state index in [2.05, 4.69) is 24.5 Å². The van der Waals surface area contributed by atoms with Gasteiger partial charge in [-0.3, -0.25) is 9.59 Å². The Bertz CT molecular complexity index is 657. The van der Waals surface area contributed by atoms with Crippen molar-refractivity contribution < 1.29 is 9.59 Å². The van der Waals surface area contributed by atoms with E-state index in [-0.39, 0.29) is 17.2 Å². The summed E-state index contributed by atoms with van der Waals surface area (Å²) in [6, 6.07) is 7.29. The van der Waals surface area contributed by atoms with Crippen molar-refractivity contribution in [3.05, 3.63) is 29.8 Å². The number of hydrogen-bond acceptors (Lipinski definition) is 2. The van der Waals surface area contributed by atoms with Crippen LogP contribution in [0.5, 0.6) is 0 Å². The van der Waals surface area contributed by atoms with Crippen LogP contribution >= 0.6 is 0 Å². The third kappa shape index (κ3) is 3.38. The van der Waals surface area contributed by atoms with E-state index in [0.29, 0.717) is 18.0 Å². The molecule has 0 unspecified atom stereocenters. The molecular formula is C22H30N2O2. The number of hydrogen-bond donors (Lipinski definition) is 2. The highest BCUT2D eigenvalue weighted by molar-refractivity contribution is 5.97. The summed E-state index contributed by atoms with van der Waals surface area (Å²) in [5, 5.41) is 6.07. The molecule has 0 atom stereocenters. The van der Waals surface area contributed by atoms with E-state index in [1.807, 2.05) is 12.1 Å². The average Bonchev–Trinajstić information content (AvgIpc) is 2.59. The molecule has 4 aliphatic carbocycles. The lowest BCUT2D eigenvalue weighted by atomic mass is 9.49. The fourth-order valence-corrected chi connectivity index (χ4v) is 5.76. The van der Waals surface area contributed by atoms with Crippen LogP contribution in [-0.4, -0.2) is 18.4 Å². The second-order valence-electron chi connectivity index (χ2n) is 9.33. The van der Waals surface area contributed by atoms with E-state index in [4.69, 9.17) is 0 Å². The summed E-state index contributed by atoms with van der Waals surface area (Å²) in [5.41, 5.74) is 1.30. The lowest BCUT2D eigenvalue weighted by Gasteiger charge is -2.55. The average molecular weight is 354 g/mol. The van der Waals surface area contributed by atoms with Crippen molar-refractivity contribution in [1.29, 1.82) is 0 Å². The van der Waals surface area contributed by atoms with Crippen LogP contribution < -0.4 is 10.6 Å². The van der Waals surface area contributed by atoms with Gasteiger partial charge in [0.25, 0.3) is 5.91 Å². The number of amides is 2. The SMILES string of the molecule is CC(C)CNC(=O)c1ccc(NC(=O)C23CC4CC(CC(C4)C2)C3)cc1. The van der Waals surface area contributed by atoms with Gasteiger partial charge >= 0.3 is 0 Å². The second kappa shape index (κ2) is 6.71. The summed E-state index contributed by atoms with van der Waals surface area (Å²) in [5.74, 6) is 2.86. The van der Waals surface area contributed by atoms with Crippen LogP contribution in [0, 0.1) is 29.1 Å². The summed E-state index contributed by atoms with van der Waals surface area (Å²) >= 11 is 0. The van der Waals surface area contributed by atoms with Crippen molar-refractivity contribution in [2.24, 2.45) is 29.1 Å². The van der Waals surface area contributed by atoms with E-state index in [1.165, 1.54) is 19.3 Å². The van der Waals surface area contributed by atoms with Gasteiger partial charge in [-0.2, -0.15) is 0 Å². The Hall–Kier alpha value is -1.84. The summed E-state index contributed by atoms with van der Waals surface area (Å²) in [4.78, 5) is 25.2. The molecule has 0 aliphatic heterocycles. The molecule has 1 aromatic rings. The first kappa shape index (κ1) is 17.6. The first-order valence-corrected chi connectivity index (χ1v) is 10.1. The molecule has 4 saturated carbocycles. The number of nitrogens with one attached hydrogen (secondary N) is 2. The quantitative estimate of drug-likeness (QED) is 0.831. The second-order valence-corrected chi connectivity index (χ2v) is 9.33. The van der Waals surface area contributed by atoms with Crippen molar-refractivity contribution in [2.75, 3.05) is 11.9 Å².